The summed E-state index contributed by atoms with van der Waals surface area (Å²) in [4.78, 5) is 17.1. The Bertz CT molecular complexity index is 534. The zero-order chi connectivity index (χ0) is 13.0. The number of nitrogens with zero attached hydrogens (tertiary/aromatic N) is 1. The molecule has 0 saturated heterocycles. The smallest absolute Gasteiger partial charge is 0.263 e. The predicted octanol–water partition coefficient (Wildman–Crippen LogP) is 3.26. The van der Waals surface area contributed by atoms with Crippen molar-refractivity contribution in [3.05, 3.63) is 40.9 Å². The highest BCUT2D eigenvalue weighted by Gasteiger charge is 2.15. The Morgan fingerprint density at radius 2 is 2.06 bits per heavy atom. The molecule has 0 bridgehead atoms. The topological polar surface area (TPSA) is 42.0 Å². The lowest BCUT2D eigenvalue weighted by Crippen LogP contribution is -2.23. The van der Waals surface area contributed by atoms with Crippen molar-refractivity contribution in [1.82, 2.24) is 10.3 Å². The summed E-state index contributed by atoms with van der Waals surface area (Å²) in [6.45, 7) is 4.62. The number of hydrogen-bond donors (Lipinski definition) is 1. The molecule has 2 rings (SSSR count). The summed E-state index contributed by atoms with van der Waals surface area (Å²) in [5.41, 5.74) is 1.85. The molecule has 0 spiro atoms. The van der Waals surface area contributed by atoms with E-state index >= 15 is 0 Å². The quantitative estimate of drug-likeness (QED) is 0.916. The van der Waals surface area contributed by atoms with Crippen LogP contribution in [0.4, 0.5) is 0 Å². The molecule has 94 valence electrons. The van der Waals surface area contributed by atoms with Gasteiger partial charge in [-0.3, -0.25) is 4.79 Å². The lowest BCUT2D eigenvalue weighted by atomic mass is 10.2. The van der Waals surface area contributed by atoms with E-state index in [1.54, 1.807) is 0 Å². The van der Waals surface area contributed by atoms with Gasteiger partial charge in [0.25, 0.3) is 5.91 Å². The van der Waals surface area contributed by atoms with Crippen LogP contribution >= 0.6 is 11.3 Å². The van der Waals surface area contributed by atoms with Crippen molar-refractivity contribution >= 4 is 17.2 Å². The van der Waals surface area contributed by atoms with E-state index in [-0.39, 0.29) is 5.91 Å². The summed E-state index contributed by atoms with van der Waals surface area (Å²) in [5, 5.41) is 3.78. The molecule has 3 nitrogen and oxygen atoms in total. The van der Waals surface area contributed by atoms with E-state index in [0.29, 0.717) is 11.4 Å². The summed E-state index contributed by atoms with van der Waals surface area (Å²) in [6.07, 6.45) is 0.940. The lowest BCUT2D eigenvalue weighted by molar-refractivity contribution is 0.0957. The van der Waals surface area contributed by atoms with Gasteiger partial charge in [0.2, 0.25) is 0 Å². The third-order valence-corrected chi connectivity index (χ3v) is 3.76. The number of thiazole rings is 1. The molecule has 0 aliphatic rings. The molecule has 0 radical (unpaired) electrons. The maximum Gasteiger partial charge on any atom is 0.263 e. The van der Waals surface area contributed by atoms with Crippen LogP contribution in [-0.2, 0) is 0 Å². The molecule has 1 aromatic heterocycles. The van der Waals surface area contributed by atoms with Crippen molar-refractivity contribution in [2.24, 2.45) is 0 Å². The largest absolute Gasteiger partial charge is 0.351 e. The molecular formula is C14H16N2OS. The van der Waals surface area contributed by atoms with Crippen molar-refractivity contribution in [2.45, 2.75) is 20.3 Å². The summed E-state index contributed by atoms with van der Waals surface area (Å²) in [5.74, 6) is -0.0194. The fraction of sp³-hybridized carbons (Fsp3) is 0.286. The Morgan fingerprint density at radius 3 is 2.72 bits per heavy atom. The molecule has 0 fully saturated rings. The van der Waals surface area contributed by atoms with Crippen molar-refractivity contribution in [2.75, 3.05) is 6.54 Å². The number of aryl methyl sites for hydroxylation is 1. The van der Waals surface area contributed by atoms with E-state index in [0.717, 1.165) is 22.7 Å². The van der Waals surface area contributed by atoms with Crippen molar-refractivity contribution in [3.8, 4) is 10.6 Å². The van der Waals surface area contributed by atoms with Gasteiger partial charge in [0, 0.05) is 12.1 Å². The van der Waals surface area contributed by atoms with Gasteiger partial charge in [-0.2, -0.15) is 0 Å². The summed E-state index contributed by atoms with van der Waals surface area (Å²) in [6, 6.07) is 9.93. The molecule has 0 aliphatic carbocycles. The van der Waals surface area contributed by atoms with E-state index in [2.05, 4.69) is 10.3 Å². The number of carbonyl (C=O) groups excluding carboxylic acids is 1. The van der Waals surface area contributed by atoms with Gasteiger partial charge in [-0.25, -0.2) is 4.98 Å². The average molecular weight is 260 g/mol. The number of benzene rings is 1. The van der Waals surface area contributed by atoms with Crippen LogP contribution in [0, 0.1) is 6.92 Å². The first kappa shape index (κ1) is 12.8. The zero-order valence-corrected chi connectivity index (χ0v) is 11.4. The second-order valence-electron chi connectivity index (χ2n) is 4.06. The minimum absolute atomic E-state index is 0.0194. The first-order valence-corrected chi connectivity index (χ1v) is 6.85. The van der Waals surface area contributed by atoms with E-state index in [1.807, 2.05) is 44.2 Å². The molecular weight excluding hydrogens is 244 g/mol. The van der Waals surface area contributed by atoms with Crippen LogP contribution in [0.1, 0.15) is 28.7 Å². The number of amides is 1. The number of rotatable bonds is 4. The first-order chi connectivity index (χ1) is 8.72. The Kier molecular flexibility index (Phi) is 4.10. The van der Waals surface area contributed by atoms with Crippen molar-refractivity contribution in [3.63, 3.8) is 0 Å². The maximum absolute atomic E-state index is 11.9. The third-order valence-electron chi connectivity index (χ3n) is 2.56. The number of carbonyl (C=O) groups is 1. The van der Waals surface area contributed by atoms with Gasteiger partial charge < -0.3 is 5.32 Å². The standard InChI is InChI=1S/C14H16N2OS/c1-3-9-15-13(17)12-10(2)16-14(18-12)11-7-5-4-6-8-11/h4-8H,3,9H2,1-2H3,(H,15,17). The minimum atomic E-state index is -0.0194. The van der Waals surface area contributed by atoms with E-state index < -0.39 is 0 Å². The van der Waals surface area contributed by atoms with E-state index in [1.165, 1.54) is 11.3 Å². The predicted molar refractivity (Wildman–Crippen MR) is 74.9 cm³/mol. The fourth-order valence-electron chi connectivity index (χ4n) is 1.63. The molecule has 1 aromatic carbocycles. The fourth-order valence-corrected chi connectivity index (χ4v) is 2.62. The van der Waals surface area contributed by atoms with Crippen LogP contribution in [0.3, 0.4) is 0 Å². The SMILES string of the molecule is CCCNC(=O)c1sc(-c2ccccc2)nc1C. The van der Waals surface area contributed by atoms with Crippen LogP contribution in [0.2, 0.25) is 0 Å². The van der Waals surface area contributed by atoms with Crippen LogP contribution < -0.4 is 5.32 Å². The van der Waals surface area contributed by atoms with Gasteiger partial charge in [-0.05, 0) is 13.3 Å². The highest BCUT2D eigenvalue weighted by Crippen LogP contribution is 2.27. The zero-order valence-electron chi connectivity index (χ0n) is 10.6. The van der Waals surface area contributed by atoms with E-state index in [9.17, 15) is 4.79 Å². The highest BCUT2D eigenvalue weighted by atomic mass is 32.1. The lowest BCUT2D eigenvalue weighted by Gasteiger charge is -2.00. The molecule has 18 heavy (non-hydrogen) atoms. The Labute approximate surface area is 111 Å². The normalized spacial score (nSPS) is 10.3. The first-order valence-electron chi connectivity index (χ1n) is 6.03. The Hall–Kier alpha value is -1.68. The van der Waals surface area contributed by atoms with Gasteiger partial charge in [0.05, 0.1) is 5.69 Å². The van der Waals surface area contributed by atoms with Crippen LogP contribution in [0.25, 0.3) is 10.6 Å². The second kappa shape index (κ2) is 5.78. The summed E-state index contributed by atoms with van der Waals surface area (Å²) in [7, 11) is 0. The van der Waals surface area contributed by atoms with Crippen LogP contribution in [0.15, 0.2) is 30.3 Å². The number of aromatic nitrogens is 1. The maximum atomic E-state index is 11.9. The monoisotopic (exact) mass is 260 g/mol. The third kappa shape index (κ3) is 2.76. The van der Waals surface area contributed by atoms with Gasteiger partial charge in [0.15, 0.2) is 0 Å². The second-order valence-corrected chi connectivity index (χ2v) is 5.05. The molecule has 0 unspecified atom stereocenters. The van der Waals surface area contributed by atoms with Gasteiger partial charge in [-0.1, -0.05) is 37.3 Å². The Morgan fingerprint density at radius 1 is 1.33 bits per heavy atom. The van der Waals surface area contributed by atoms with Crippen LogP contribution in [0.5, 0.6) is 0 Å². The molecule has 1 N–H and O–H groups in total. The Balaban J connectivity index is 2.25. The minimum Gasteiger partial charge on any atom is -0.351 e. The van der Waals surface area contributed by atoms with Crippen LogP contribution in [-0.4, -0.2) is 17.4 Å². The van der Waals surface area contributed by atoms with Gasteiger partial charge >= 0.3 is 0 Å². The average Bonchev–Trinajstić information content (AvgIpc) is 2.79. The van der Waals surface area contributed by atoms with E-state index in [4.69, 9.17) is 0 Å². The summed E-state index contributed by atoms with van der Waals surface area (Å²) >= 11 is 1.45. The molecule has 0 aliphatic heterocycles. The highest BCUT2D eigenvalue weighted by molar-refractivity contribution is 7.17. The molecule has 2 aromatic rings. The van der Waals surface area contributed by atoms with Gasteiger partial charge in [-0.15, -0.1) is 11.3 Å². The number of hydrogen-bond acceptors (Lipinski definition) is 3. The van der Waals surface area contributed by atoms with Crippen molar-refractivity contribution in [1.29, 1.82) is 0 Å². The van der Waals surface area contributed by atoms with Gasteiger partial charge in [0.1, 0.15) is 9.88 Å². The molecule has 1 heterocycles. The molecule has 1 amide bonds. The summed E-state index contributed by atoms with van der Waals surface area (Å²) < 4.78 is 0. The van der Waals surface area contributed by atoms with Crippen molar-refractivity contribution < 1.29 is 4.79 Å². The number of nitrogens with one attached hydrogen (secondary N) is 1. The molecule has 4 heteroatoms. The molecule has 0 saturated carbocycles. The molecule has 0 atom stereocenters.